The summed E-state index contributed by atoms with van der Waals surface area (Å²) >= 11 is 0. The van der Waals surface area contributed by atoms with E-state index < -0.39 is 11.9 Å². The fourth-order valence-electron chi connectivity index (χ4n) is 1.50. The van der Waals surface area contributed by atoms with Gasteiger partial charge in [0, 0.05) is 11.6 Å². The Hall–Kier alpha value is -2.25. The number of alkyl halides is 3. The molecule has 3 aromatic heterocycles. The lowest BCUT2D eigenvalue weighted by Gasteiger charge is -2.06. The van der Waals surface area contributed by atoms with E-state index in [1.807, 2.05) is 0 Å². The highest BCUT2D eigenvalue weighted by atomic mass is 19.4. The summed E-state index contributed by atoms with van der Waals surface area (Å²) in [5.74, 6) is 0.212. The minimum absolute atomic E-state index is 0.134. The Balaban J connectivity index is 2.40. The summed E-state index contributed by atoms with van der Waals surface area (Å²) < 4.78 is 38.9. The third-order valence-electron chi connectivity index (χ3n) is 2.27. The highest BCUT2D eigenvalue weighted by Gasteiger charge is 2.32. The maximum atomic E-state index is 12.5. The van der Waals surface area contributed by atoms with Crippen LogP contribution in [0.2, 0.25) is 0 Å². The molecule has 5 nitrogen and oxygen atoms in total. The van der Waals surface area contributed by atoms with Crippen molar-refractivity contribution in [2.45, 2.75) is 6.18 Å². The summed E-state index contributed by atoms with van der Waals surface area (Å²) in [6.07, 6.45) is -1.79. The molecule has 0 radical (unpaired) electrons. The van der Waals surface area contributed by atoms with Crippen LogP contribution in [0.3, 0.4) is 0 Å². The number of nitrogens with zero attached hydrogens (tertiary/aromatic N) is 5. The van der Waals surface area contributed by atoms with Crippen molar-refractivity contribution in [1.29, 1.82) is 0 Å². The van der Waals surface area contributed by atoms with Gasteiger partial charge in [-0.25, -0.2) is 14.4 Å². The van der Waals surface area contributed by atoms with Crippen LogP contribution in [0.25, 0.3) is 16.8 Å². The van der Waals surface area contributed by atoms with E-state index in [1.54, 1.807) is 0 Å². The molecule has 0 aliphatic rings. The van der Waals surface area contributed by atoms with Crippen molar-refractivity contribution in [3.8, 4) is 0 Å². The average Bonchev–Trinajstić information content (AvgIpc) is 2.75. The first-order valence-corrected chi connectivity index (χ1v) is 4.58. The summed E-state index contributed by atoms with van der Waals surface area (Å²) in [5.41, 5.74) is -0.818. The molecule has 0 unspecified atom stereocenters. The largest absolute Gasteiger partial charge is 0.433 e. The number of fused-ring (bicyclic) bond motifs is 3. The van der Waals surface area contributed by atoms with Gasteiger partial charge in [-0.15, -0.1) is 10.2 Å². The molecule has 0 saturated carbocycles. The molecule has 0 atom stereocenters. The van der Waals surface area contributed by atoms with Gasteiger partial charge >= 0.3 is 6.18 Å². The fourth-order valence-corrected chi connectivity index (χ4v) is 1.50. The van der Waals surface area contributed by atoms with Gasteiger partial charge in [0.15, 0.2) is 0 Å². The molecule has 0 aromatic carbocycles. The molecule has 0 N–H and O–H groups in total. The third-order valence-corrected chi connectivity index (χ3v) is 2.27. The van der Waals surface area contributed by atoms with E-state index in [9.17, 15) is 13.2 Å². The molecule has 0 aliphatic carbocycles. The summed E-state index contributed by atoms with van der Waals surface area (Å²) in [7, 11) is 0. The highest BCUT2D eigenvalue weighted by molar-refractivity contribution is 5.76. The first kappa shape index (κ1) is 9.94. The van der Waals surface area contributed by atoms with Crippen LogP contribution in [-0.2, 0) is 6.18 Å². The maximum Gasteiger partial charge on any atom is 0.433 e. The van der Waals surface area contributed by atoms with Gasteiger partial charge in [-0.1, -0.05) is 0 Å². The lowest BCUT2D eigenvalue weighted by molar-refractivity contribution is -0.141. The van der Waals surface area contributed by atoms with E-state index in [2.05, 4.69) is 20.2 Å². The first-order chi connectivity index (χ1) is 8.05. The molecular weight excluding hydrogens is 235 g/mol. The van der Waals surface area contributed by atoms with Crippen LogP contribution in [0.4, 0.5) is 13.2 Å². The van der Waals surface area contributed by atoms with E-state index in [-0.39, 0.29) is 11.4 Å². The molecule has 86 valence electrons. The monoisotopic (exact) mass is 239 g/mol. The average molecular weight is 239 g/mol. The second-order valence-electron chi connectivity index (χ2n) is 3.37. The van der Waals surface area contributed by atoms with E-state index in [1.165, 1.54) is 23.0 Å². The Kier molecular flexibility index (Phi) is 1.83. The molecule has 0 aliphatic heterocycles. The predicted molar refractivity (Wildman–Crippen MR) is 51.1 cm³/mol. The summed E-state index contributed by atoms with van der Waals surface area (Å²) in [5, 5.41) is 7.70. The SMILES string of the molecule is FC(F)(F)c1ccc2cnc3nncn3c2n1. The smallest absolute Gasteiger partial charge is 0.249 e. The zero-order valence-electron chi connectivity index (χ0n) is 8.18. The highest BCUT2D eigenvalue weighted by Crippen LogP contribution is 2.28. The van der Waals surface area contributed by atoms with Crippen LogP contribution in [0.1, 0.15) is 5.69 Å². The zero-order valence-corrected chi connectivity index (χ0v) is 8.18. The Morgan fingerprint density at radius 2 is 2.00 bits per heavy atom. The minimum atomic E-state index is -4.47. The van der Waals surface area contributed by atoms with Gasteiger partial charge in [0.2, 0.25) is 0 Å². The normalized spacial score (nSPS) is 12.4. The number of pyridine rings is 1. The Labute approximate surface area is 91.9 Å². The maximum absolute atomic E-state index is 12.5. The standard InChI is InChI=1S/C9H4F3N5/c10-9(11,12)6-2-1-5-3-13-8-16-14-4-17(8)7(5)15-6/h1-4H. The van der Waals surface area contributed by atoms with Gasteiger partial charge in [-0.3, -0.25) is 0 Å². The number of rotatable bonds is 0. The van der Waals surface area contributed by atoms with Gasteiger partial charge in [0.1, 0.15) is 17.7 Å². The third kappa shape index (κ3) is 1.49. The predicted octanol–water partition coefficient (Wildman–Crippen LogP) is 1.69. The second kappa shape index (κ2) is 3.12. The molecule has 0 fully saturated rings. The Morgan fingerprint density at radius 1 is 1.18 bits per heavy atom. The van der Waals surface area contributed by atoms with E-state index >= 15 is 0 Å². The number of hydrogen-bond acceptors (Lipinski definition) is 4. The van der Waals surface area contributed by atoms with Crippen LogP contribution >= 0.6 is 0 Å². The fraction of sp³-hybridized carbons (Fsp3) is 0.111. The molecule has 3 aromatic rings. The number of aromatic nitrogens is 5. The molecule has 8 heteroatoms. The molecule has 0 saturated heterocycles. The second-order valence-corrected chi connectivity index (χ2v) is 3.37. The minimum Gasteiger partial charge on any atom is -0.249 e. The van der Waals surface area contributed by atoms with Crippen molar-refractivity contribution in [3.63, 3.8) is 0 Å². The van der Waals surface area contributed by atoms with Gasteiger partial charge < -0.3 is 0 Å². The van der Waals surface area contributed by atoms with E-state index in [0.717, 1.165) is 6.07 Å². The molecule has 3 heterocycles. The van der Waals surface area contributed by atoms with Crippen LogP contribution < -0.4 is 0 Å². The van der Waals surface area contributed by atoms with Crippen molar-refractivity contribution in [3.05, 3.63) is 30.4 Å². The Bertz CT molecular complexity index is 702. The van der Waals surface area contributed by atoms with Gasteiger partial charge in [-0.05, 0) is 12.1 Å². The molecular formula is C9H4F3N5. The Morgan fingerprint density at radius 3 is 2.76 bits per heavy atom. The van der Waals surface area contributed by atoms with Crippen molar-refractivity contribution in [1.82, 2.24) is 24.6 Å². The number of hydrogen-bond donors (Lipinski definition) is 0. The molecule has 3 rings (SSSR count). The lowest BCUT2D eigenvalue weighted by atomic mass is 10.3. The van der Waals surface area contributed by atoms with Crippen molar-refractivity contribution in [2.75, 3.05) is 0 Å². The van der Waals surface area contributed by atoms with Crippen molar-refractivity contribution in [2.24, 2.45) is 0 Å². The molecule has 0 spiro atoms. The quantitative estimate of drug-likeness (QED) is 0.599. The van der Waals surface area contributed by atoms with Crippen molar-refractivity contribution >= 4 is 16.8 Å². The molecule has 17 heavy (non-hydrogen) atoms. The van der Waals surface area contributed by atoms with Gasteiger partial charge in [-0.2, -0.15) is 13.2 Å². The van der Waals surface area contributed by atoms with Gasteiger partial charge in [0.25, 0.3) is 5.78 Å². The molecule has 0 amide bonds. The van der Waals surface area contributed by atoms with Crippen LogP contribution in [-0.4, -0.2) is 24.6 Å². The summed E-state index contributed by atoms with van der Waals surface area (Å²) in [6.45, 7) is 0. The van der Waals surface area contributed by atoms with E-state index in [4.69, 9.17) is 0 Å². The lowest BCUT2D eigenvalue weighted by Crippen LogP contribution is -2.08. The zero-order chi connectivity index (χ0) is 12.0. The molecule has 0 bridgehead atoms. The van der Waals surface area contributed by atoms with Crippen molar-refractivity contribution < 1.29 is 13.2 Å². The van der Waals surface area contributed by atoms with Crippen LogP contribution in [0.5, 0.6) is 0 Å². The van der Waals surface area contributed by atoms with E-state index in [0.29, 0.717) is 5.39 Å². The van der Waals surface area contributed by atoms with Crippen LogP contribution in [0.15, 0.2) is 24.7 Å². The topological polar surface area (TPSA) is 56.0 Å². The van der Waals surface area contributed by atoms with Crippen LogP contribution in [0, 0.1) is 0 Å². The first-order valence-electron chi connectivity index (χ1n) is 4.58. The summed E-state index contributed by atoms with van der Waals surface area (Å²) in [6, 6.07) is 2.23. The number of halogens is 3. The summed E-state index contributed by atoms with van der Waals surface area (Å²) in [4.78, 5) is 7.49. The van der Waals surface area contributed by atoms with Gasteiger partial charge in [0.05, 0.1) is 0 Å².